The van der Waals surface area contributed by atoms with Gasteiger partial charge in [0.2, 0.25) is 11.8 Å². The fourth-order valence-electron chi connectivity index (χ4n) is 4.22. The lowest BCUT2D eigenvalue weighted by Gasteiger charge is -2.25. The van der Waals surface area contributed by atoms with E-state index in [9.17, 15) is 14.0 Å². The first-order valence-corrected chi connectivity index (χ1v) is 7.72. The van der Waals surface area contributed by atoms with Crippen LogP contribution in [0.4, 0.5) is 10.1 Å². The molecule has 2 bridgehead atoms. The highest BCUT2D eigenvalue weighted by Gasteiger charge is 2.70. The maximum absolute atomic E-state index is 13.2. The van der Waals surface area contributed by atoms with Crippen LogP contribution in [0.2, 0.25) is 0 Å². The Balaban J connectivity index is 1.79. The lowest BCUT2D eigenvalue weighted by atomic mass is 9.73. The van der Waals surface area contributed by atoms with Crippen LogP contribution in [0.5, 0.6) is 0 Å². The van der Waals surface area contributed by atoms with Crippen LogP contribution in [0.25, 0.3) is 0 Å². The van der Waals surface area contributed by atoms with E-state index >= 15 is 0 Å². The predicted octanol–water partition coefficient (Wildman–Crippen LogP) is 2.25. The van der Waals surface area contributed by atoms with Crippen LogP contribution < -0.4 is 4.90 Å². The van der Waals surface area contributed by atoms with Gasteiger partial charge in [-0.3, -0.25) is 9.59 Å². The molecule has 3 aliphatic rings. The summed E-state index contributed by atoms with van der Waals surface area (Å²) in [4.78, 5) is 27.0. The van der Waals surface area contributed by atoms with E-state index in [1.165, 1.54) is 18.2 Å². The Morgan fingerprint density at radius 3 is 2.29 bits per heavy atom. The minimum absolute atomic E-state index is 0.169. The van der Waals surface area contributed by atoms with Gasteiger partial charge in [0, 0.05) is 5.56 Å². The summed E-state index contributed by atoms with van der Waals surface area (Å²) in [6.45, 7) is 2.78. The number of hydrogen-bond acceptors (Lipinski definition) is 4. The van der Waals surface area contributed by atoms with Gasteiger partial charge in [0.1, 0.15) is 6.67 Å². The molecule has 4 atom stereocenters. The fourth-order valence-corrected chi connectivity index (χ4v) is 4.22. The van der Waals surface area contributed by atoms with E-state index in [2.05, 4.69) is 0 Å². The number of nitriles is 1. The Labute approximate surface area is 138 Å². The highest BCUT2D eigenvalue weighted by Crippen LogP contribution is 2.57. The number of alkyl halides is 1. The summed E-state index contributed by atoms with van der Waals surface area (Å²) in [6.07, 6.45) is 3.68. The molecule has 0 aliphatic carbocycles. The molecular formula is C18H15FN2O3. The predicted molar refractivity (Wildman–Crippen MR) is 82.5 cm³/mol. The SMILES string of the molecule is CC12C=CC(C)(O1)[C@H]1C(=O)N(c3ccc(C#N)c(CF)c3)C(=O)[C@H]12. The Kier molecular flexibility index (Phi) is 2.83. The van der Waals surface area contributed by atoms with Crippen molar-refractivity contribution in [2.75, 3.05) is 4.90 Å². The summed E-state index contributed by atoms with van der Waals surface area (Å²) in [6, 6.07) is 6.25. The van der Waals surface area contributed by atoms with Gasteiger partial charge in [0.15, 0.2) is 0 Å². The summed E-state index contributed by atoms with van der Waals surface area (Å²) in [5.74, 6) is -1.83. The van der Waals surface area contributed by atoms with Gasteiger partial charge >= 0.3 is 0 Å². The Morgan fingerprint density at radius 1 is 1.21 bits per heavy atom. The zero-order chi connectivity index (χ0) is 17.3. The zero-order valence-electron chi connectivity index (χ0n) is 13.2. The molecule has 24 heavy (non-hydrogen) atoms. The quantitative estimate of drug-likeness (QED) is 0.617. The molecule has 3 aliphatic heterocycles. The van der Waals surface area contributed by atoms with Crippen LogP contribution >= 0.6 is 0 Å². The molecule has 122 valence electrons. The van der Waals surface area contributed by atoms with Crippen LogP contribution in [0, 0.1) is 23.2 Å². The smallest absolute Gasteiger partial charge is 0.241 e. The number of fused-ring (bicyclic) bond motifs is 5. The van der Waals surface area contributed by atoms with E-state index in [4.69, 9.17) is 10.00 Å². The highest BCUT2D eigenvalue weighted by atomic mass is 19.1. The second kappa shape index (κ2) is 4.52. The zero-order valence-corrected chi connectivity index (χ0v) is 13.2. The van der Waals surface area contributed by atoms with Crippen LogP contribution in [0.15, 0.2) is 30.4 Å². The van der Waals surface area contributed by atoms with Gasteiger partial charge in [-0.1, -0.05) is 12.2 Å². The lowest BCUT2D eigenvalue weighted by Crippen LogP contribution is -2.39. The lowest BCUT2D eigenvalue weighted by molar-refractivity contribution is -0.128. The normalized spacial score (nSPS) is 36.3. The molecule has 1 aromatic rings. The molecule has 0 aromatic heterocycles. The minimum Gasteiger partial charge on any atom is -0.359 e. The molecule has 2 unspecified atom stereocenters. The van der Waals surface area contributed by atoms with Crippen molar-refractivity contribution >= 4 is 17.5 Å². The van der Waals surface area contributed by atoms with Crippen molar-refractivity contribution in [2.45, 2.75) is 31.7 Å². The summed E-state index contributed by atoms with van der Waals surface area (Å²) < 4.78 is 19.1. The molecule has 2 saturated heterocycles. The monoisotopic (exact) mass is 326 g/mol. The summed E-state index contributed by atoms with van der Waals surface area (Å²) in [7, 11) is 0. The number of ether oxygens (including phenoxy) is 1. The number of carbonyl (C=O) groups is 2. The minimum atomic E-state index is -0.833. The Hall–Kier alpha value is -2.52. The molecule has 2 fully saturated rings. The molecule has 0 N–H and O–H groups in total. The van der Waals surface area contributed by atoms with Gasteiger partial charge in [0.05, 0.1) is 40.4 Å². The molecule has 0 spiro atoms. The van der Waals surface area contributed by atoms with Crippen molar-refractivity contribution in [2.24, 2.45) is 11.8 Å². The Morgan fingerprint density at radius 2 is 1.79 bits per heavy atom. The second-order valence-corrected chi connectivity index (χ2v) is 6.86. The van der Waals surface area contributed by atoms with Crippen LogP contribution in [-0.2, 0) is 21.0 Å². The Bertz CT molecular complexity index is 822. The van der Waals surface area contributed by atoms with Gasteiger partial charge in [-0.25, -0.2) is 9.29 Å². The van der Waals surface area contributed by atoms with Crippen molar-refractivity contribution in [1.29, 1.82) is 5.26 Å². The van der Waals surface area contributed by atoms with E-state index in [-0.39, 0.29) is 22.9 Å². The molecule has 1 aromatic carbocycles. The second-order valence-electron chi connectivity index (χ2n) is 6.86. The molecule has 6 heteroatoms. The van der Waals surface area contributed by atoms with Crippen molar-refractivity contribution in [1.82, 2.24) is 0 Å². The molecule has 2 amide bonds. The highest BCUT2D eigenvalue weighted by molar-refractivity contribution is 6.23. The summed E-state index contributed by atoms with van der Waals surface area (Å²) in [5.41, 5.74) is -0.919. The van der Waals surface area contributed by atoms with E-state index in [0.717, 1.165) is 4.90 Å². The third kappa shape index (κ3) is 1.65. The van der Waals surface area contributed by atoms with Crippen molar-refractivity contribution < 1.29 is 18.7 Å². The number of amides is 2. The first-order valence-electron chi connectivity index (χ1n) is 7.72. The van der Waals surface area contributed by atoms with Gasteiger partial charge in [-0.05, 0) is 32.0 Å². The third-order valence-electron chi connectivity index (χ3n) is 5.34. The van der Waals surface area contributed by atoms with E-state index in [1.54, 1.807) is 13.8 Å². The molecule has 4 rings (SSSR count). The standard InChI is InChI=1S/C18H15FN2O3/c1-17-5-6-18(2,24-17)14-13(17)15(22)21(16(14)23)12-4-3-10(9-20)11(7-12)8-19/h3-7,13-14H,8H2,1-2H3/t13-,14+,17?,18?. The third-order valence-corrected chi connectivity index (χ3v) is 5.34. The average Bonchev–Trinajstić information content (AvgIpc) is 3.11. The maximum Gasteiger partial charge on any atom is 0.241 e. The molecule has 0 saturated carbocycles. The molecule has 5 nitrogen and oxygen atoms in total. The topological polar surface area (TPSA) is 70.4 Å². The van der Waals surface area contributed by atoms with E-state index in [1.807, 2.05) is 18.2 Å². The number of nitrogens with zero attached hydrogens (tertiary/aromatic N) is 2. The van der Waals surface area contributed by atoms with E-state index < -0.39 is 29.7 Å². The van der Waals surface area contributed by atoms with E-state index in [0.29, 0.717) is 5.69 Å². The van der Waals surface area contributed by atoms with Gasteiger partial charge in [-0.15, -0.1) is 0 Å². The summed E-state index contributed by atoms with van der Waals surface area (Å²) >= 11 is 0. The van der Waals surface area contributed by atoms with Gasteiger partial charge < -0.3 is 4.74 Å². The number of anilines is 1. The van der Waals surface area contributed by atoms with Gasteiger partial charge in [0.25, 0.3) is 0 Å². The first-order chi connectivity index (χ1) is 11.3. The first kappa shape index (κ1) is 15.0. The van der Waals surface area contributed by atoms with Gasteiger partial charge in [-0.2, -0.15) is 5.26 Å². The largest absolute Gasteiger partial charge is 0.359 e. The number of halogens is 1. The number of hydrogen-bond donors (Lipinski definition) is 0. The van der Waals surface area contributed by atoms with Crippen LogP contribution in [-0.4, -0.2) is 23.0 Å². The van der Waals surface area contributed by atoms with Crippen LogP contribution in [0.3, 0.4) is 0 Å². The number of carbonyl (C=O) groups excluding carboxylic acids is 2. The van der Waals surface area contributed by atoms with Crippen molar-refractivity contribution in [3.05, 3.63) is 41.5 Å². The number of benzene rings is 1. The molecular weight excluding hydrogens is 311 g/mol. The van der Waals surface area contributed by atoms with Crippen molar-refractivity contribution in [3.8, 4) is 6.07 Å². The van der Waals surface area contributed by atoms with Crippen LogP contribution in [0.1, 0.15) is 25.0 Å². The molecule has 3 heterocycles. The summed E-state index contributed by atoms with van der Waals surface area (Å²) in [5, 5.41) is 9.00. The maximum atomic E-state index is 13.2. The number of imide groups is 1. The fraction of sp³-hybridized carbons (Fsp3) is 0.389. The van der Waals surface area contributed by atoms with Crippen molar-refractivity contribution in [3.63, 3.8) is 0 Å². The molecule has 0 radical (unpaired) electrons. The number of rotatable bonds is 2. The average molecular weight is 326 g/mol.